The molecule has 0 saturated carbocycles. The summed E-state index contributed by atoms with van der Waals surface area (Å²) in [6, 6.07) is 7.93. The van der Waals surface area contributed by atoms with E-state index in [0.717, 1.165) is 22.0 Å². The second-order valence-electron chi connectivity index (χ2n) is 6.19. The van der Waals surface area contributed by atoms with Gasteiger partial charge < -0.3 is 10.9 Å². The van der Waals surface area contributed by atoms with Gasteiger partial charge in [-0.25, -0.2) is 4.98 Å². The highest BCUT2D eigenvalue weighted by Crippen LogP contribution is 2.52. The minimum atomic E-state index is -0.542. The molecule has 0 saturated heterocycles. The Balaban J connectivity index is 2.52. The number of hydroxylamine groups is 2. The summed E-state index contributed by atoms with van der Waals surface area (Å²) in [5.41, 5.74) is 7.99. The summed E-state index contributed by atoms with van der Waals surface area (Å²) in [5, 5.41) is 13.0. The predicted octanol–water partition coefficient (Wildman–Crippen LogP) is 2.99. The largest absolute Gasteiger partial charge is 0.383 e. The van der Waals surface area contributed by atoms with Gasteiger partial charge in [-0.3, -0.25) is 0 Å². The van der Waals surface area contributed by atoms with Crippen molar-refractivity contribution in [2.75, 3.05) is 5.73 Å². The molecule has 3 rings (SSSR count). The highest BCUT2D eigenvalue weighted by Gasteiger charge is 2.51. The second kappa shape index (κ2) is 3.46. The molecule has 4 nitrogen and oxygen atoms in total. The molecular formula is C15H19N3O. The van der Waals surface area contributed by atoms with Gasteiger partial charge in [-0.1, -0.05) is 18.2 Å². The van der Waals surface area contributed by atoms with Crippen molar-refractivity contribution in [1.29, 1.82) is 0 Å². The van der Waals surface area contributed by atoms with Gasteiger partial charge in [-0.05, 0) is 39.3 Å². The molecule has 1 aromatic heterocycles. The molecule has 4 heteroatoms. The molecule has 3 N–H and O–H groups in total. The minimum Gasteiger partial charge on any atom is -0.383 e. The maximum atomic E-state index is 10.5. The molecule has 0 radical (unpaired) electrons. The van der Waals surface area contributed by atoms with Crippen molar-refractivity contribution in [1.82, 2.24) is 10.0 Å². The van der Waals surface area contributed by atoms with Gasteiger partial charge in [-0.2, -0.15) is 5.06 Å². The van der Waals surface area contributed by atoms with Crippen LogP contribution in [0.3, 0.4) is 0 Å². The topological polar surface area (TPSA) is 62.4 Å². The van der Waals surface area contributed by atoms with Crippen LogP contribution >= 0.6 is 0 Å². The van der Waals surface area contributed by atoms with Gasteiger partial charge in [0.25, 0.3) is 0 Å². The molecule has 1 aliphatic heterocycles. The van der Waals surface area contributed by atoms with Gasteiger partial charge in [0.2, 0.25) is 0 Å². The van der Waals surface area contributed by atoms with Crippen LogP contribution in [0, 0.1) is 0 Å². The summed E-state index contributed by atoms with van der Waals surface area (Å²) in [5.74, 6) is 0.503. The number of nitrogen functional groups attached to an aromatic ring is 1. The number of benzene rings is 1. The van der Waals surface area contributed by atoms with Gasteiger partial charge in [0.05, 0.1) is 16.6 Å². The number of hydrogen-bond donors (Lipinski definition) is 2. The maximum Gasteiger partial charge on any atom is 0.129 e. The molecular weight excluding hydrogens is 238 g/mol. The normalized spacial score (nSPS) is 20.7. The molecule has 0 atom stereocenters. The van der Waals surface area contributed by atoms with E-state index in [-0.39, 0.29) is 0 Å². The Morgan fingerprint density at radius 2 is 1.63 bits per heavy atom. The van der Waals surface area contributed by atoms with Crippen molar-refractivity contribution in [3.63, 3.8) is 0 Å². The first kappa shape index (κ1) is 12.4. The van der Waals surface area contributed by atoms with Crippen LogP contribution in [0.1, 0.15) is 38.8 Å². The molecule has 1 aliphatic rings. The van der Waals surface area contributed by atoms with Gasteiger partial charge in [0.1, 0.15) is 5.82 Å². The molecule has 0 bridgehead atoms. The van der Waals surface area contributed by atoms with Crippen molar-refractivity contribution in [2.45, 2.75) is 38.8 Å². The van der Waals surface area contributed by atoms with E-state index < -0.39 is 11.1 Å². The molecule has 0 unspecified atom stereocenters. The Morgan fingerprint density at radius 3 is 2.32 bits per heavy atom. The van der Waals surface area contributed by atoms with E-state index >= 15 is 0 Å². The van der Waals surface area contributed by atoms with E-state index in [2.05, 4.69) is 4.98 Å². The van der Waals surface area contributed by atoms with Crippen LogP contribution in [0.25, 0.3) is 10.9 Å². The van der Waals surface area contributed by atoms with E-state index in [9.17, 15) is 5.21 Å². The van der Waals surface area contributed by atoms with E-state index in [0.29, 0.717) is 5.82 Å². The van der Waals surface area contributed by atoms with Gasteiger partial charge >= 0.3 is 0 Å². The van der Waals surface area contributed by atoms with Crippen molar-refractivity contribution in [3.05, 3.63) is 35.4 Å². The van der Waals surface area contributed by atoms with Crippen LogP contribution in [0.2, 0.25) is 0 Å². The van der Waals surface area contributed by atoms with E-state index in [4.69, 9.17) is 5.73 Å². The van der Waals surface area contributed by atoms with Crippen LogP contribution in [-0.4, -0.2) is 15.3 Å². The molecule has 0 aliphatic carbocycles. The highest BCUT2D eigenvalue weighted by atomic mass is 16.5. The first-order valence-corrected chi connectivity index (χ1v) is 6.46. The van der Waals surface area contributed by atoms with Crippen LogP contribution in [0.15, 0.2) is 24.3 Å². The third-order valence-corrected chi connectivity index (χ3v) is 4.20. The number of anilines is 1. The summed E-state index contributed by atoms with van der Waals surface area (Å²) in [7, 11) is 0. The minimum absolute atomic E-state index is 0.491. The Morgan fingerprint density at radius 1 is 1.05 bits per heavy atom. The summed E-state index contributed by atoms with van der Waals surface area (Å²) >= 11 is 0. The fourth-order valence-electron chi connectivity index (χ4n) is 3.40. The third-order valence-electron chi connectivity index (χ3n) is 4.20. The average Bonchev–Trinajstić information content (AvgIpc) is 2.48. The number of nitrogens with two attached hydrogens (primary N) is 1. The first-order chi connectivity index (χ1) is 8.78. The lowest BCUT2D eigenvalue weighted by Gasteiger charge is -2.34. The zero-order valence-electron chi connectivity index (χ0n) is 11.7. The van der Waals surface area contributed by atoms with Crippen LogP contribution in [0.5, 0.6) is 0 Å². The second-order valence-corrected chi connectivity index (χ2v) is 6.19. The first-order valence-electron chi connectivity index (χ1n) is 6.46. The van der Waals surface area contributed by atoms with Gasteiger partial charge in [0, 0.05) is 10.9 Å². The quantitative estimate of drug-likeness (QED) is 0.761. The number of pyridine rings is 1. The van der Waals surface area contributed by atoms with Crippen LogP contribution < -0.4 is 5.73 Å². The summed E-state index contributed by atoms with van der Waals surface area (Å²) < 4.78 is 0. The summed E-state index contributed by atoms with van der Waals surface area (Å²) in [6.45, 7) is 7.94. The lowest BCUT2D eigenvalue weighted by molar-refractivity contribution is -0.215. The number of hydrogen-bond acceptors (Lipinski definition) is 4. The Labute approximate surface area is 112 Å². The molecule has 0 spiro atoms. The molecule has 2 heterocycles. The van der Waals surface area contributed by atoms with Crippen molar-refractivity contribution in [2.24, 2.45) is 0 Å². The van der Waals surface area contributed by atoms with Crippen LogP contribution in [-0.2, 0) is 11.1 Å². The molecule has 0 amide bonds. The fourth-order valence-corrected chi connectivity index (χ4v) is 3.40. The zero-order valence-corrected chi connectivity index (χ0v) is 11.7. The molecule has 0 fully saturated rings. The predicted molar refractivity (Wildman–Crippen MR) is 75.8 cm³/mol. The van der Waals surface area contributed by atoms with E-state index in [1.165, 1.54) is 5.06 Å². The van der Waals surface area contributed by atoms with Crippen molar-refractivity contribution < 1.29 is 5.21 Å². The molecule has 1 aromatic carbocycles. The molecule has 19 heavy (non-hydrogen) atoms. The molecule has 2 aromatic rings. The summed E-state index contributed by atoms with van der Waals surface area (Å²) in [4.78, 5) is 4.48. The van der Waals surface area contributed by atoms with Gasteiger partial charge in [0.15, 0.2) is 0 Å². The Kier molecular flexibility index (Phi) is 2.26. The lowest BCUT2D eigenvalue weighted by atomic mass is 9.88. The smallest absolute Gasteiger partial charge is 0.129 e. The number of para-hydroxylation sites is 1. The standard InChI is InChI=1S/C15H19N3O/c1-14(2)11-9-7-5-6-8-10(9)17-13(16)12(11)15(3,4)18(14)19/h5-8,19H,1-4H3,(H2,16,17). The number of aromatic nitrogens is 1. The van der Waals surface area contributed by atoms with Gasteiger partial charge in [-0.15, -0.1) is 0 Å². The molecule has 100 valence electrons. The number of nitrogens with zero attached hydrogens (tertiary/aromatic N) is 2. The Hall–Kier alpha value is -1.65. The van der Waals surface area contributed by atoms with Crippen molar-refractivity contribution in [3.8, 4) is 0 Å². The lowest BCUT2D eigenvalue weighted by Crippen LogP contribution is -2.42. The highest BCUT2D eigenvalue weighted by molar-refractivity contribution is 5.88. The third kappa shape index (κ3) is 1.38. The number of fused-ring (bicyclic) bond motifs is 3. The van der Waals surface area contributed by atoms with E-state index in [1.54, 1.807) is 0 Å². The fraction of sp³-hybridized carbons (Fsp3) is 0.400. The monoisotopic (exact) mass is 257 g/mol. The maximum absolute atomic E-state index is 10.5. The summed E-state index contributed by atoms with van der Waals surface area (Å²) in [6.07, 6.45) is 0. The zero-order chi connectivity index (χ0) is 14.0. The van der Waals surface area contributed by atoms with Crippen molar-refractivity contribution >= 4 is 16.7 Å². The Bertz CT molecular complexity index is 676. The average molecular weight is 257 g/mol. The van der Waals surface area contributed by atoms with E-state index in [1.807, 2.05) is 52.0 Å². The number of rotatable bonds is 0. The SMILES string of the molecule is CC1(C)c2c(N)nc3ccccc3c2C(C)(C)N1O. The van der Waals surface area contributed by atoms with Crippen LogP contribution in [0.4, 0.5) is 5.82 Å².